The second kappa shape index (κ2) is 8.45. The van der Waals surface area contributed by atoms with E-state index >= 15 is 0 Å². The maximum atomic E-state index is 12.3. The number of hydrogen-bond acceptors (Lipinski definition) is 4. The van der Waals surface area contributed by atoms with E-state index in [1.165, 1.54) is 0 Å². The van der Waals surface area contributed by atoms with Crippen LogP contribution in [0.4, 0.5) is 0 Å². The van der Waals surface area contributed by atoms with E-state index in [0.717, 1.165) is 19.4 Å². The summed E-state index contributed by atoms with van der Waals surface area (Å²) < 4.78 is 7.33. The second-order valence-electron chi connectivity index (χ2n) is 6.80. The average molecular weight is 323 g/mol. The molecule has 1 aromatic heterocycles. The molecule has 2 atom stereocenters. The Balaban J connectivity index is 1.83. The third-order valence-corrected chi connectivity index (χ3v) is 4.29. The monoisotopic (exact) mass is 323 g/mol. The molecule has 23 heavy (non-hydrogen) atoms. The van der Waals surface area contributed by atoms with Crippen LogP contribution < -0.4 is 0 Å². The molecule has 0 bridgehead atoms. The van der Waals surface area contributed by atoms with Crippen LogP contribution in [0.25, 0.3) is 0 Å². The van der Waals surface area contributed by atoms with Crippen LogP contribution in [-0.4, -0.2) is 51.8 Å². The second-order valence-corrected chi connectivity index (χ2v) is 6.80. The number of carbonyl (C=O) groups excluding carboxylic acids is 1. The van der Waals surface area contributed by atoms with Crippen molar-refractivity contribution in [3.8, 4) is 0 Å². The summed E-state index contributed by atoms with van der Waals surface area (Å²) in [5.74, 6) is 1.32. The van der Waals surface area contributed by atoms with Gasteiger partial charge in [0.2, 0.25) is 5.91 Å². The van der Waals surface area contributed by atoms with E-state index in [2.05, 4.69) is 18.8 Å². The Kier molecular flexibility index (Phi) is 6.59. The van der Waals surface area contributed by atoms with Crippen LogP contribution in [0.5, 0.6) is 0 Å². The summed E-state index contributed by atoms with van der Waals surface area (Å²) in [6.07, 6.45) is 5.15. The summed E-state index contributed by atoms with van der Waals surface area (Å²) in [6.45, 7) is 6.71. The van der Waals surface area contributed by atoms with Gasteiger partial charge in [-0.1, -0.05) is 13.8 Å². The van der Waals surface area contributed by atoms with Gasteiger partial charge in [-0.3, -0.25) is 4.79 Å². The largest absolute Gasteiger partial charge is 0.385 e. The number of carbonyl (C=O) groups is 1. The molecule has 0 radical (unpaired) electrons. The van der Waals surface area contributed by atoms with E-state index in [-0.39, 0.29) is 11.8 Å². The minimum atomic E-state index is -0.622. The Morgan fingerprint density at radius 1 is 1.52 bits per heavy atom. The van der Waals surface area contributed by atoms with Crippen molar-refractivity contribution in [3.63, 3.8) is 0 Å². The summed E-state index contributed by atoms with van der Waals surface area (Å²) in [5, 5.41) is 10.5. The number of aliphatic hydroxyl groups is 1. The normalized spacial score (nSPS) is 20.0. The maximum Gasteiger partial charge on any atom is 0.224 e. The fourth-order valence-electron chi connectivity index (χ4n) is 3.00. The smallest absolute Gasteiger partial charge is 0.224 e. The lowest BCUT2D eigenvalue weighted by atomic mass is 9.92. The molecule has 0 saturated carbocycles. The Morgan fingerprint density at radius 2 is 2.30 bits per heavy atom. The molecule has 2 heterocycles. The summed E-state index contributed by atoms with van der Waals surface area (Å²) in [4.78, 5) is 18.4. The van der Waals surface area contributed by atoms with E-state index in [1.54, 1.807) is 6.20 Å². The Labute approximate surface area is 138 Å². The van der Waals surface area contributed by atoms with Gasteiger partial charge in [0, 0.05) is 45.1 Å². The van der Waals surface area contributed by atoms with Crippen LogP contribution in [0.2, 0.25) is 0 Å². The van der Waals surface area contributed by atoms with Gasteiger partial charge in [-0.05, 0) is 18.8 Å². The highest BCUT2D eigenvalue weighted by atomic mass is 16.5. The lowest BCUT2D eigenvalue weighted by Crippen LogP contribution is -2.42. The van der Waals surface area contributed by atoms with Crippen molar-refractivity contribution in [1.29, 1.82) is 0 Å². The molecule has 1 saturated heterocycles. The van der Waals surface area contributed by atoms with E-state index in [4.69, 9.17) is 4.74 Å². The van der Waals surface area contributed by atoms with Gasteiger partial charge in [0.05, 0.1) is 13.0 Å². The van der Waals surface area contributed by atoms with Crippen LogP contribution in [-0.2, 0) is 16.6 Å². The minimum Gasteiger partial charge on any atom is -0.385 e. The summed E-state index contributed by atoms with van der Waals surface area (Å²) in [5.41, 5.74) is 0. The lowest BCUT2D eigenvalue weighted by Gasteiger charge is -2.35. The highest BCUT2D eigenvalue weighted by Gasteiger charge is 2.30. The highest BCUT2D eigenvalue weighted by Crippen LogP contribution is 2.28. The molecule has 1 aromatic rings. The van der Waals surface area contributed by atoms with Gasteiger partial charge in [-0.15, -0.1) is 0 Å². The van der Waals surface area contributed by atoms with Gasteiger partial charge in [0.15, 0.2) is 0 Å². The number of aromatic nitrogens is 2. The van der Waals surface area contributed by atoms with Crippen molar-refractivity contribution >= 4 is 5.91 Å². The zero-order valence-corrected chi connectivity index (χ0v) is 14.4. The molecular formula is C17H29N3O3. The SMILES string of the molecule is CC(C)COCCC(=O)N1CCCC(C(O)c2nccn2C)C1. The molecule has 1 aliphatic rings. The first kappa shape index (κ1) is 17.9. The van der Waals surface area contributed by atoms with Crippen LogP contribution in [0.1, 0.15) is 45.0 Å². The molecule has 1 fully saturated rings. The zero-order chi connectivity index (χ0) is 16.8. The van der Waals surface area contributed by atoms with Crippen molar-refractivity contribution in [2.45, 2.75) is 39.2 Å². The molecule has 1 N–H and O–H groups in total. The molecule has 1 aliphatic heterocycles. The number of aliphatic hydroxyl groups excluding tert-OH is 1. The van der Waals surface area contributed by atoms with Gasteiger partial charge >= 0.3 is 0 Å². The predicted octanol–water partition coefficient (Wildman–Crippen LogP) is 1.75. The molecule has 2 unspecified atom stereocenters. The third kappa shape index (κ3) is 5.04. The van der Waals surface area contributed by atoms with Crippen LogP contribution >= 0.6 is 0 Å². The van der Waals surface area contributed by atoms with Gasteiger partial charge in [-0.2, -0.15) is 0 Å². The number of aryl methyl sites for hydroxylation is 1. The zero-order valence-electron chi connectivity index (χ0n) is 14.4. The molecule has 0 aromatic carbocycles. The van der Waals surface area contributed by atoms with Crippen molar-refractivity contribution in [3.05, 3.63) is 18.2 Å². The maximum absolute atomic E-state index is 12.3. The quantitative estimate of drug-likeness (QED) is 0.776. The van der Waals surface area contributed by atoms with Crippen LogP contribution in [0.15, 0.2) is 12.4 Å². The van der Waals surface area contributed by atoms with E-state index in [1.807, 2.05) is 22.7 Å². The minimum absolute atomic E-state index is 0.0467. The molecule has 1 amide bonds. The van der Waals surface area contributed by atoms with Crippen molar-refractivity contribution in [1.82, 2.24) is 14.5 Å². The Morgan fingerprint density at radius 3 is 2.96 bits per heavy atom. The lowest BCUT2D eigenvalue weighted by molar-refractivity contribution is -0.135. The van der Waals surface area contributed by atoms with E-state index in [0.29, 0.717) is 37.9 Å². The van der Waals surface area contributed by atoms with Gasteiger partial charge in [0.25, 0.3) is 0 Å². The molecule has 2 rings (SSSR count). The molecular weight excluding hydrogens is 294 g/mol. The highest BCUT2D eigenvalue weighted by molar-refractivity contribution is 5.76. The van der Waals surface area contributed by atoms with Gasteiger partial charge in [-0.25, -0.2) is 4.98 Å². The van der Waals surface area contributed by atoms with E-state index in [9.17, 15) is 9.90 Å². The van der Waals surface area contributed by atoms with Gasteiger partial charge < -0.3 is 19.3 Å². The van der Waals surface area contributed by atoms with Crippen molar-refractivity contribution < 1.29 is 14.6 Å². The first-order valence-corrected chi connectivity index (χ1v) is 8.49. The molecule has 6 nitrogen and oxygen atoms in total. The third-order valence-electron chi connectivity index (χ3n) is 4.29. The van der Waals surface area contributed by atoms with E-state index < -0.39 is 6.10 Å². The first-order chi connectivity index (χ1) is 11.0. The number of rotatable bonds is 7. The molecule has 130 valence electrons. The molecule has 0 spiro atoms. The summed E-state index contributed by atoms with van der Waals surface area (Å²) in [6, 6.07) is 0. The fraction of sp³-hybridized carbons (Fsp3) is 0.765. The number of amides is 1. The Bertz CT molecular complexity index is 501. The summed E-state index contributed by atoms with van der Waals surface area (Å²) >= 11 is 0. The molecule has 6 heteroatoms. The number of piperidine rings is 1. The standard InChI is InChI=1S/C17H29N3O3/c1-13(2)12-23-10-6-15(21)20-8-4-5-14(11-20)16(22)17-18-7-9-19(17)3/h7,9,13-14,16,22H,4-6,8,10-12H2,1-3H3. The molecule has 0 aliphatic carbocycles. The van der Waals surface area contributed by atoms with Crippen molar-refractivity contribution in [2.24, 2.45) is 18.9 Å². The fourth-order valence-corrected chi connectivity index (χ4v) is 3.00. The number of imidazole rings is 1. The topological polar surface area (TPSA) is 67.6 Å². The predicted molar refractivity (Wildman–Crippen MR) is 87.7 cm³/mol. The Hall–Kier alpha value is -1.40. The number of nitrogens with zero attached hydrogens (tertiary/aromatic N) is 3. The van der Waals surface area contributed by atoms with Crippen molar-refractivity contribution in [2.75, 3.05) is 26.3 Å². The number of likely N-dealkylation sites (tertiary alicyclic amines) is 1. The number of ether oxygens (including phenoxy) is 1. The first-order valence-electron chi connectivity index (χ1n) is 8.49. The van der Waals surface area contributed by atoms with Gasteiger partial charge in [0.1, 0.15) is 11.9 Å². The average Bonchev–Trinajstić information content (AvgIpc) is 2.96. The van der Waals surface area contributed by atoms with Crippen LogP contribution in [0.3, 0.4) is 0 Å². The number of hydrogen-bond donors (Lipinski definition) is 1. The summed E-state index contributed by atoms with van der Waals surface area (Å²) in [7, 11) is 1.88. The van der Waals surface area contributed by atoms with Crippen LogP contribution in [0, 0.1) is 11.8 Å².